The van der Waals surface area contributed by atoms with Gasteiger partial charge in [0.05, 0.1) is 5.57 Å². The highest BCUT2D eigenvalue weighted by Gasteiger charge is 2.30. The molecule has 5 rings (SSSR count). The Morgan fingerprint density at radius 1 is 0.806 bits per heavy atom. The van der Waals surface area contributed by atoms with Gasteiger partial charge in [0.15, 0.2) is 0 Å². The number of benzene rings is 3. The topological polar surface area (TPSA) is 55.9 Å². The van der Waals surface area contributed by atoms with Crippen LogP contribution in [0.2, 0.25) is 0 Å². The number of amides is 3. The largest absolute Gasteiger partial charge is 0.343 e. The van der Waals surface area contributed by atoms with E-state index in [1.807, 2.05) is 65.7 Å². The molecule has 3 aromatic carbocycles. The SMILES string of the molecule is CC(C)c1cccc(NC(=O)N2CCN(C(=O)C3=CN(c4ccccc4)Cc4ccccc43)CC2)c1. The quantitative estimate of drug-likeness (QED) is 0.533. The summed E-state index contributed by atoms with van der Waals surface area (Å²) in [6.45, 7) is 7.00. The van der Waals surface area contributed by atoms with Crippen molar-refractivity contribution < 1.29 is 9.59 Å². The normalized spacial score (nSPS) is 15.4. The standard InChI is InChI=1S/C30H32N4O2/c1-22(2)23-10-8-11-25(19-23)31-30(36)33-17-15-32(16-18-33)29(35)28-21-34(26-12-4-3-5-13-26)20-24-9-6-7-14-27(24)28/h3-14,19,21-22H,15-18,20H2,1-2H3,(H,31,36). The maximum atomic E-state index is 13.7. The highest BCUT2D eigenvalue weighted by Crippen LogP contribution is 2.31. The fourth-order valence-corrected chi connectivity index (χ4v) is 4.79. The van der Waals surface area contributed by atoms with E-state index in [9.17, 15) is 9.59 Å². The molecule has 0 spiro atoms. The maximum absolute atomic E-state index is 13.7. The number of para-hydroxylation sites is 1. The Hall–Kier alpha value is -4.06. The van der Waals surface area contributed by atoms with Gasteiger partial charge in [-0.05, 0) is 46.9 Å². The lowest BCUT2D eigenvalue weighted by atomic mass is 9.95. The van der Waals surface area contributed by atoms with E-state index in [0.29, 0.717) is 37.7 Å². The highest BCUT2D eigenvalue weighted by atomic mass is 16.2. The number of fused-ring (bicyclic) bond motifs is 1. The summed E-state index contributed by atoms with van der Waals surface area (Å²) in [5, 5.41) is 3.02. The molecule has 3 aromatic rings. The van der Waals surface area contributed by atoms with Crippen molar-refractivity contribution in [3.05, 3.63) is 102 Å². The van der Waals surface area contributed by atoms with E-state index < -0.39 is 0 Å². The first kappa shape index (κ1) is 23.7. The molecule has 0 radical (unpaired) electrons. The van der Waals surface area contributed by atoms with E-state index in [0.717, 1.165) is 29.0 Å². The van der Waals surface area contributed by atoms with Gasteiger partial charge < -0.3 is 20.0 Å². The van der Waals surface area contributed by atoms with Crippen LogP contribution in [-0.2, 0) is 11.3 Å². The molecule has 0 aliphatic carbocycles. The predicted molar refractivity (Wildman–Crippen MR) is 145 cm³/mol. The Morgan fingerprint density at radius 3 is 2.25 bits per heavy atom. The van der Waals surface area contributed by atoms with E-state index in [1.54, 1.807) is 4.90 Å². The zero-order valence-electron chi connectivity index (χ0n) is 20.9. The van der Waals surface area contributed by atoms with Crippen LogP contribution >= 0.6 is 0 Å². The molecule has 1 N–H and O–H groups in total. The molecule has 1 fully saturated rings. The Morgan fingerprint density at radius 2 is 1.50 bits per heavy atom. The van der Waals surface area contributed by atoms with Gasteiger partial charge in [0.2, 0.25) is 0 Å². The Balaban J connectivity index is 1.27. The molecule has 0 aromatic heterocycles. The molecule has 0 saturated carbocycles. The summed E-state index contributed by atoms with van der Waals surface area (Å²) < 4.78 is 0. The van der Waals surface area contributed by atoms with Gasteiger partial charge >= 0.3 is 6.03 Å². The number of hydrogen-bond acceptors (Lipinski definition) is 3. The summed E-state index contributed by atoms with van der Waals surface area (Å²) in [5.41, 5.74) is 5.86. The van der Waals surface area contributed by atoms with E-state index in [4.69, 9.17) is 0 Å². The molecule has 2 aliphatic heterocycles. The zero-order valence-corrected chi connectivity index (χ0v) is 20.9. The molecule has 3 amide bonds. The number of nitrogens with zero attached hydrogens (tertiary/aromatic N) is 3. The molecule has 36 heavy (non-hydrogen) atoms. The van der Waals surface area contributed by atoms with Gasteiger partial charge in [-0.15, -0.1) is 0 Å². The van der Waals surface area contributed by atoms with Crippen molar-refractivity contribution >= 4 is 28.9 Å². The predicted octanol–water partition coefficient (Wildman–Crippen LogP) is 5.55. The minimum Gasteiger partial charge on any atom is -0.343 e. The molecule has 2 aliphatic rings. The smallest absolute Gasteiger partial charge is 0.321 e. The molecule has 2 heterocycles. The van der Waals surface area contributed by atoms with Crippen molar-refractivity contribution in [2.75, 3.05) is 36.4 Å². The summed E-state index contributed by atoms with van der Waals surface area (Å²) in [4.78, 5) is 32.3. The van der Waals surface area contributed by atoms with E-state index in [-0.39, 0.29) is 11.9 Å². The summed E-state index contributed by atoms with van der Waals surface area (Å²) in [5.74, 6) is 0.404. The number of carbonyl (C=O) groups is 2. The fraction of sp³-hybridized carbons (Fsp3) is 0.267. The first-order valence-corrected chi connectivity index (χ1v) is 12.6. The monoisotopic (exact) mass is 480 g/mol. The highest BCUT2D eigenvalue weighted by molar-refractivity contribution is 6.20. The van der Waals surface area contributed by atoms with Gasteiger partial charge in [-0.1, -0.05) is 68.4 Å². The summed E-state index contributed by atoms with van der Waals surface area (Å²) in [6.07, 6.45) is 1.97. The number of nitrogens with one attached hydrogen (secondary N) is 1. The van der Waals surface area contributed by atoms with Gasteiger partial charge in [0.1, 0.15) is 0 Å². The third kappa shape index (κ3) is 4.98. The van der Waals surface area contributed by atoms with Gasteiger partial charge in [-0.3, -0.25) is 4.79 Å². The fourth-order valence-electron chi connectivity index (χ4n) is 4.79. The third-order valence-electron chi connectivity index (χ3n) is 6.91. The van der Waals surface area contributed by atoms with Crippen LogP contribution in [0.5, 0.6) is 0 Å². The van der Waals surface area contributed by atoms with Crippen LogP contribution in [-0.4, -0.2) is 47.9 Å². The van der Waals surface area contributed by atoms with Crippen LogP contribution in [0, 0.1) is 0 Å². The van der Waals surface area contributed by atoms with Crippen LogP contribution in [0.15, 0.2) is 85.1 Å². The molecule has 1 saturated heterocycles. The molecule has 0 atom stereocenters. The lowest BCUT2D eigenvalue weighted by Gasteiger charge is -2.36. The van der Waals surface area contributed by atoms with Gasteiger partial charge in [-0.2, -0.15) is 0 Å². The van der Waals surface area contributed by atoms with Gasteiger partial charge in [0.25, 0.3) is 5.91 Å². The minimum atomic E-state index is -0.125. The van der Waals surface area contributed by atoms with Crippen LogP contribution in [0.3, 0.4) is 0 Å². The molecular weight excluding hydrogens is 448 g/mol. The van der Waals surface area contributed by atoms with Crippen molar-refractivity contribution in [1.29, 1.82) is 0 Å². The molecular formula is C30H32N4O2. The number of piperazine rings is 1. The van der Waals surface area contributed by atoms with Gasteiger partial charge in [0, 0.05) is 50.3 Å². The van der Waals surface area contributed by atoms with E-state index >= 15 is 0 Å². The Bertz CT molecular complexity index is 1280. The maximum Gasteiger partial charge on any atom is 0.321 e. The van der Waals surface area contributed by atoms with E-state index in [1.165, 1.54) is 5.56 Å². The second kappa shape index (κ2) is 10.3. The third-order valence-corrected chi connectivity index (χ3v) is 6.91. The number of rotatable bonds is 4. The Kier molecular flexibility index (Phi) is 6.76. The molecule has 6 heteroatoms. The van der Waals surface area contributed by atoms with Crippen molar-refractivity contribution in [2.24, 2.45) is 0 Å². The number of urea groups is 1. The average molecular weight is 481 g/mol. The molecule has 0 bridgehead atoms. The average Bonchev–Trinajstić information content (AvgIpc) is 2.92. The van der Waals surface area contributed by atoms with Crippen LogP contribution in [0.4, 0.5) is 16.2 Å². The minimum absolute atomic E-state index is 0.00720. The lowest BCUT2D eigenvalue weighted by Crippen LogP contribution is -2.52. The van der Waals surface area contributed by atoms with Crippen molar-refractivity contribution in [2.45, 2.75) is 26.3 Å². The molecule has 0 unspecified atom stereocenters. The van der Waals surface area contributed by atoms with Gasteiger partial charge in [-0.25, -0.2) is 4.79 Å². The van der Waals surface area contributed by atoms with Crippen LogP contribution in [0.25, 0.3) is 5.57 Å². The summed E-state index contributed by atoms with van der Waals surface area (Å²) in [6, 6.07) is 26.1. The number of anilines is 2. The summed E-state index contributed by atoms with van der Waals surface area (Å²) >= 11 is 0. The Labute approximate surface area is 212 Å². The number of carbonyl (C=O) groups excluding carboxylic acids is 2. The molecule has 6 nitrogen and oxygen atoms in total. The lowest BCUT2D eigenvalue weighted by molar-refractivity contribution is -0.126. The first-order valence-electron chi connectivity index (χ1n) is 12.6. The van der Waals surface area contributed by atoms with E-state index in [2.05, 4.69) is 48.3 Å². The second-order valence-electron chi connectivity index (χ2n) is 9.65. The molecule has 184 valence electrons. The second-order valence-corrected chi connectivity index (χ2v) is 9.65. The van der Waals surface area contributed by atoms with Crippen LogP contribution in [0.1, 0.15) is 36.5 Å². The number of hydrogen-bond donors (Lipinski definition) is 1. The van der Waals surface area contributed by atoms with Crippen molar-refractivity contribution in [1.82, 2.24) is 9.80 Å². The van der Waals surface area contributed by atoms with Crippen molar-refractivity contribution in [3.63, 3.8) is 0 Å². The zero-order chi connectivity index (χ0) is 25.1. The summed E-state index contributed by atoms with van der Waals surface area (Å²) in [7, 11) is 0. The van der Waals surface area contributed by atoms with Crippen molar-refractivity contribution in [3.8, 4) is 0 Å². The first-order chi connectivity index (χ1) is 17.5. The van der Waals surface area contributed by atoms with Crippen LogP contribution < -0.4 is 10.2 Å².